The zero-order chi connectivity index (χ0) is 19.5. The standard InChI is InChI=1S/C20H18N6O2/c1-3-19(27)24-16-9-14-15(10-18(16)28-2)21-12-22-20(14)17-11-23-25-26(17)13-7-5-4-6-8-13/h4-12H,3H2,1-2H3,(H,24,27). The van der Waals surface area contributed by atoms with Gasteiger partial charge in [0.15, 0.2) is 0 Å². The molecule has 0 spiro atoms. The van der Waals surface area contributed by atoms with Gasteiger partial charge in [-0.15, -0.1) is 5.10 Å². The Morgan fingerprint density at radius 3 is 2.75 bits per heavy atom. The number of nitrogens with zero attached hydrogens (tertiary/aromatic N) is 5. The van der Waals surface area contributed by atoms with Crippen LogP contribution in [-0.4, -0.2) is 38.0 Å². The van der Waals surface area contributed by atoms with Gasteiger partial charge in [0.05, 0.1) is 30.2 Å². The fraction of sp³-hybridized carbons (Fsp3) is 0.150. The second-order valence-electron chi connectivity index (χ2n) is 6.06. The van der Waals surface area contributed by atoms with Gasteiger partial charge in [-0.3, -0.25) is 4.79 Å². The molecule has 0 radical (unpaired) electrons. The molecular weight excluding hydrogens is 356 g/mol. The third kappa shape index (κ3) is 3.16. The van der Waals surface area contributed by atoms with Crippen molar-refractivity contribution in [3.63, 3.8) is 0 Å². The maximum atomic E-state index is 11.9. The SMILES string of the molecule is CCC(=O)Nc1cc2c(-c3cnnn3-c3ccccc3)ncnc2cc1OC. The maximum absolute atomic E-state index is 11.9. The van der Waals surface area contributed by atoms with Gasteiger partial charge in [-0.2, -0.15) is 0 Å². The third-order valence-electron chi connectivity index (χ3n) is 4.34. The predicted molar refractivity (Wildman–Crippen MR) is 105 cm³/mol. The molecule has 4 rings (SSSR count). The number of ether oxygens (including phenoxy) is 1. The lowest BCUT2D eigenvalue weighted by molar-refractivity contribution is -0.115. The Bertz CT molecular complexity index is 1140. The van der Waals surface area contributed by atoms with Gasteiger partial charge in [-0.1, -0.05) is 30.3 Å². The zero-order valence-electron chi connectivity index (χ0n) is 15.5. The summed E-state index contributed by atoms with van der Waals surface area (Å²) in [6, 6.07) is 13.3. The van der Waals surface area contributed by atoms with Crippen molar-refractivity contribution in [1.29, 1.82) is 0 Å². The van der Waals surface area contributed by atoms with Crippen molar-refractivity contribution in [3.8, 4) is 22.8 Å². The van der Waals surface area contributed by atoms with Crippen molar-refractivity contribution in [2.24, 2.45) is 0 Å². The lowest BCUT2D eigenvalue weighted by atomic mass is 10.1. The third-order valence-corrected chi connectivity index (χ3v) is 4.34. The van der Waals surface area contributed by atoms with Crippen LogP contribution in [0.3, 0.4) is 0 Å². The molecule has 2 aromatic heterocycles. The number of hydrogen-bond acceptors (Lipinski definition) is 6. The number of aromatic nitrogens is 5. The minimum absolute atomic E-state index is 0.105. The first-order chi connectivity index (χ1) is 13.7. The molecule has 8 nitrogen and oxygen atoms in total. The maximum Gasteiger partial charge on any atom is 0.224 e. The topological polar surface area (TPSA) is 94.8 Å². The quantitative estimate of drug-likeness (QED) is 0.576. The number of carbonyl (C=O) groups is 1. The van der Waals surface area contributed by atoms with Gasteiger partial charge in [0.25, 0.3) is 0 Å². The monoisotopic (exact) mass is 374 g/mol. The van der Waals surface area contributed by atoms with E-state index < -0.39 is 0 Å². The Morgan fingerprint density at radius 1 is 1.18 bits per heavy atom. The number of methoxy groups -OCH3 is 1. The second kappa shape index (κ2) is 7.43. The number of amides is 1. The van der Waals surface area contributed by atoms with Crippen LogP contribution in [0.1, 0.15) is 13.3 Å². The van der Waals surface area contributed by atoms with Gasteiger partial charge < -0.3 is 10.1 Å². The van der Waals surface area contributed by atoms with Crippen LogP contribution < -0.4 is 10.1 Å². The van der Waals surface area contributed by atoms with Crippen molar-refractivity contribution in [1.82, 2.24) is 25.0 Å². The lowest BCUT2D eigenvalue weighted by Crippen LogP contribution is -2.10. The fourth-order valence-electron chi connectivity index (χ4n) is 2.95. The average Bonchev–Trinajstić information content (AvgIpc) is 3.23. The molecule has 2 heterocycles. The summed E-state index contributed by atoms with van der Waals surface area (Å²) >= 11 is 0. The number of rotatable bonds is 5. The van der Waals surface area contributed by atoms with E-state index in [9.17, 15) is 4.79 Å². The molecule has 4 aromatic rings. The summed E-state index contributed by atoms with van der Waals surface area (Å²) in [6.07, 6.45) is 3.51. The van der Waals surface area contributed by atoms with Crippen molar-refractivity contribution in [2.75, 3.05) is 12.4 Å². The molecule has 1 amide bonds. The highest BCUT2D eigenvalue weighted by atomic mass is 16.5. The number of nitrogens with one attached hydrogen (secondary N) is 1. The molecule has 0 aliphatic carbocycles. The van der Waals surface area contributed by atoms with Crippen LogP contribution in [0.15, 0.2) is 55.0 Å². The summed E-state index contributed by atoms with van der Waals surface area (Å²) in [4.78, 5) is 20.7. The first kappa shape index (κ1) is 17.6. The first-order valence-electron chi connectivity index (χ1n) is 8.80. The largest absolute Gasteiger partial charge is 0.494 e. The van der Waals surface area contributed by atoms with Crippen LogP contribution >= 0.6 is 0 Å². The highest BCUT2D eigenvalue weighted by Crippen LogP contribution is 2.34. The van der Waals surface area contributed by atoms with Crippen molar-refractivity contribution >= 4 is 22.5 Å². The van der Waals surface area contributed by atoms with Gasteiger partial charge in [0.2, 0.25) is 5.91 Å². The van der Waals surface area contributed by atoms with Crippen LogP contribution in [-0.2, 0) is 4.79 Å². The molecule has 0 aliphatic rings. The highest BCUT2D eigenvalue weighted by molar-refractivity contribution is 5.99. The number of anilines is 1. The second-order valence-corrected chi connectivity index (χ2v) is 6.06. The molecule has 2 aromatic carbocycles. The number of carbonyl (C=O) groups excluding carboxylic acids is 1. The van der Waals surface area contributed by atoms with Crippen LogP contribution in [0.4, 0.5) is 5.69 Å². The number of fused-ring (bicyclic) bond motifs is 1. The van der Waals surface area contributed by atoms with E-state index in [1.54, 1.807) is 31.0 Å². The lowest BCUT2D eigenvalue weighted by Gasteiger charge is -2.13. The highest BCUT2D eigenvalue weighted by Gasteiger charge is 2.17. The minimum Gasteiger partial charge on any atom is -0.494 e. The summed E-state index contributed by atoms with van der Waals surface area (Å²) in [5.74, 6) is 0.431. The van der Waals surface area contributed by atoms with Crippen LogP contribution in [0.5, 0.6) is 5.75 Å². The van der Waals surface area contributed by atoms with E-state index in [4.69, 9.17) is 4.74 Å². The smallest absolute Gasteiger partial charge is 0.224 e. The van der Waals surface area contributed by atoms with E-state index in [0.29, 0.717) is 29.1 Å². The van der Waals surface area contributed by atoms with Crippen LogP contribution in [0.2, 0.25) is 0 Å². The normalized spacial score (nSPS) is 10.8. The molecule has 28 heavy (non-hydrogen) atoms. The van der Waals surface area contributed by atoms with E-state index in [1.165, 1.54) is 6.33 Å². The molecule has 0 atom stereocenters. The molecule has 0 fully saturated rings. The molecule has 0 unspecified atom stereocenters. The Morgan fingerprint density at radius 2 is 2.00 bits per heavy atom. The molecular formula is C20H18N6O2. The van der Waals surface area contributed by atoms with Gasteiger partial charge >= 0.3 is 0 Å². The first-order valence-corrected chi connectivity index (χ1v) is 8.80. The summed E-state index contributed by atoms with van der Waals surface area (Å²) in [7, 11) is 1.55. The van der Waals surface area contributed by atoms with Crippen molar-refractivity contribution < 1.29 is 9.53 Å². The molecule has 0 aliphatic heterocycles. The summed E-state index contributed by atoms with van der Waals surface area (Å²) in [5, 5.41) is 11.9. The minimum atomic E-state index is -0.105. The number of hydrogen-bond donors (Lipinski definition) is 1. The predicted octanol–water partition coefficient (Wildman–Crippen LogP) is 3.23. The number of para-hydroxylation sites is 1. The molecule has 0 bridgehead atoms. The van der Waals surface area contributed by atoms with Gasteiger partial charge in [0.1, 0.15) is 23.5 Å². The van der Waals surface area contributed by atoms with Crippen LogP contribution in [0.25, 0.3) is 28.0 Å². The summed E-state index contributed by atoms with van der Waals surface area (Å²) < 4.78 is 7.14. The fourth-order valence-corrected chi connectivity index (χ4v) is 2.95. The number of benzene rings is 2. The molecule has 8 heteroatoms. The van der Waals surface area contributed by atoms with E-state index in [0.717, 1.165) is 16.8 Å². The van der Waals surface area contributed by atoms with Crippen LogP contribution in [0, 0.1) is 0 Å². The Labute approximate surface area is 161 Å². The van der Waals surface area contributed by atoms with Crippen molar-refractivity contribution in [3.05, 3.63) is 55.0 Å². The molecule has 0 saturated heterocycles. The van der Waals surface area contributed by atoms with E-state index in [2.05, 4.69) is 25.6 Å². The average molecular weight is 374 g/mol. The molecule has 1 N–H and O–H groups in total. The summed E-state index contributed by atoms with van der Waals surface area (Å²) in [6.45, 7) is 1.79. The van der Waals surface area contributed by atoms with Gasteiger partial charge in [0, 0.05) is 17.9 Å². The van der Waals surface area contributed by atoms with E-state index >= 15 is 0 Å². The van der Waals surface area contributed by atoms with E-state index in [-0.39, 0.29) is 5.91 Å². The van der Waals surface area contributed by atoms with Gasteiger partial charge in [-0.25, -0.2) is 14.6 Å². The van der Waals surface area contributed by atoms with E-state index in [1.807, 2.05) is 36.4 Å². The van der Waals surface area contributed by atoms with Gasteiger partial charge in [-0.05, 0) is 18.2 Å². The van der Waals surface area contributed by atoms with Crippen molar-refractivity contribution in [2.45, 2.75) is 13.3 Å². The Balaban J connectivity index is 1.91. The summed E-state index contributed by atoms with van der Waals surface area (Å²) in [5.41, 5.74) is 3.51. The Kier molecular flexibility index (Phi) is 4.67. The molecule has 140 valence electrons. The Hall–Kier alpha value is -3.81. The zero-order valence-corrected chi connectivity index (χ0v) is 15.5. The molecule has 0 saturated carbocycles.